The summed E-state index contributed by atoms with van der Waals surface area (Å²) in [6.07, 6.45) is 2.54. The van der Waals surface area contributed by atoms with Gasteiger partial charge in [0.1, 0.15) is 0 Å². The molecule has 0 unspecified atom stereocenters. The molecule has 7 heavy (non-hydrogen) atoms. The van der Waals surface area contributed by atoms with Gasteiger partial charge < -0.3 is 0 Å². The largest absolute Gasteiger partial charge is 0.234 e. The highest BCUT2D eigenvalue weighted by atomic mass is 17.4. The van der Waals surface area contributed by atoms with E-state index in [1.807, 2.05) is 6.92 Å². The van der Waals surface area contributed by atoms with Crippen LogP contribution < -0.4 is 0 Å². The maximum Gasteiger partial charge on any atom is 0.234 e. The molecule has 1 aliphatic rings. The van der Waals surface area contributed by atoms with Gasteiger partial charge in [0.05, 0.1) is 0 Å². The molecule has 0 N–H and O–H groups in total. The normalized spacial score (nSPS) is 24.1. The van der Waals surface area contributed by atoms with Crippen molar-refractivity contribution < 1.29 is 9.78 Å². The maximum atomic E-state index is 4.57. The summed E-state index contributed by atoms with van der Waals surface area (Å²) in [5.74, 6) is -0.318. The van der Waals surface area contributed by atoms with Crippen LogP contribution in [0.25, 0.3) is 0 Å². The topological polar surface area (TPSA) is 25.1 Å². The van der Waals surface area contributed by atoms with E-state index in [9.17, 15) is 0 Å². The minimum absolute atomic E-state index is 0.318. The molecule has 1 heterocycles. The van der Waals surface area contributed by atoms with Crippen LogP contribution in [0.2, 0.25) is 0 Å². The van der Waals surface area contributed by atoms with Crippen LogP contribution >= 0.6 is 0 Å². The molecule has 1 rings (SSSR count). The lowest BCUT2D eigenvalue weighted by atomic mass is 10.2. The van der Waals surface area contributed by atoms with Gasteiger partial charge >= 0.3 is 0 Å². The fraction of sp³-hybridized carbons (Fsp3) is 0.600. The van der Waals surface area contributed by atoms with E-state index in [1.165, 1.54) is 0 Å². The van der Waals surface area contributed by atoms with Crippen molar-refractivity contribution in [3.63, 3.8) is 0 Å². The van der Waals surface area contributed by atoms with Crippen LogP contribution in [-0.4, -0.2) is 5.79 Å². The van der Waals surface area contributed by atoms with Gasteiger partial charge in [0, 0.05) is 6.42 Å². The zero-order valence-corrected chi connectivity index (χ0v) is 4.31. The predicted molar refractivity (Wildman–Crippen MR) is 25.4 cm³/mol. The molecule has 0 aromatic heterocycles. The van der Waals surface area contributed by atoms with Crippen LogP contribution in [0.15, 0.2) is 12.7 Å². The Morgan fingerprint density at radius 2 is 2.29 bits per heavy atom. The van der Waals surface area contributed by atoms with Crippen LogP contribution in [0.3, 0.4) is 0 Å². The van der Waals surface area contributed by atoms with Crippen molar-refractivity contribution in [3.8, 4) is 0 Å². The Hall–Kier alpha value is -0.340. The first kappa shape index (κ1) is 4.81. The van der Waals surface area contributed by atoms with Gasteiger partial charge in [0.15, 0.2) is 0 Å². The average molecular weight is 100 g/mol. The SMILES string of the molecule is C=CCC1(C)OO1. The van der Waals surface area contributed by atoms with Gasteiger partial charge in [-0.15, -0.1) is 6.58 Å². The molecule has 0 radical (unpaired) electrons. The zero-order chi connectivity index (χ0) is 5.33. The first-order chi connectivity index (χ1) is 3.27. The van der Waals surface area contributed by atoms with Crippen LogP contribution in [0, 0.1) is 0 Å². The van der Waals surface area contributed by atoms with Gasteiger partial charge in [0.25, 0.3) is 0 Å². The molecule has 2 nitrogen and oxygen atoms in total. The van der Waals surface area contributed by atoms with E-state index in [1.54, 1.807) is 6.08 Å². The first-order valence-corrected chi connectivity index (χ1v) is 2.24. The standard InChI is InChI=1S/C5H8O2/c1-3-4-5(2)6-7-5/h3H,1,4H2,2H3. The minimum Gasteiger partial charge on any atom is -0.195 e. The van der Waals surface area contributed by atoms with Crippen LogP contribution in [0.5, 0.6) is 0 Å². The lowest BCUT2D eigenvalue weighted by molar-refractivity contribution is 0.0850. The van der Waals surface area contributed by atoms with Crippen molar-refractivity contribution in [3.05, 3.63) is 12.7 Å². The molecule has 1 saturated heterocycles. The summed E-state index contributed by atoms with van der Waals surface area (Å²) in [6.45, 7) is 5.40. The summed E-state index contributed by atoms with van der Waals surface area (Å²) in [7, 11) is 0. The van der Waals surface area contributed by atoms with Crippen molar-refractivity contribution >= 4 is 0 Å². The summed E-state index contributed by atoms with van der Waals surface area (Å²) in [6, 6.07) is 0. The Bertz CT molecular complexity index is 84.1. The van der Waals surface area contributed by atoms with Crippen molar-refractivity contribution in [2.24, 2.45) is 0 Å². The second-order valence-electron chi connectivity index (χ2n) is 1.79. The average Bonchev–Trinajstić information content (AvgIpc) is 2.22. The van der Waals surface area contributed by atoms with Crippen molar-refractivity contribution in [1.29, 1.82) is 0 Å². The second-order valence-corrected chi connectivity index (χ2v) is 1.79. The van der Waals surface area contributed by atoms with Gasteiger partial charge in [-0.25, -0.2) is 0 Å². The summed E-state index contributed by atoms with van der Waals surface area (Å²) < 4.78 is 0. The van der Waals surface area contributed by atoms with Gasteiger partial charge in [0.2, 0.25) is 5.79 Å². The number of hydrogen-bond donors (Lipinski definition) is 0. The highest BCUT2D eigenvalue weighted by Crippen LogP contribution is 2.31. The molecule has 0 amide bonds. The fourth-order valence-electron chi connectivity index (χ4n) is 0.401. The van der Waals surface area contributed by atoms with Gasteiger partial charge in [-0.05, 0) is 6.92 Å². The third-order valence-corrected chi connectivity index (χ3v) is 0.883. The van der Waals surface area contributed by atoms with Gasteiger partial charge in [-0.3, -0.25) is 0 Å². The maximum absolute atomic E-state index is 4.57. The molecule has 0 spiro atoms. The molecule has 0 bridgehead atoms. The Labute approximate surface area is 42.7 Å². The highest BCUT2D eigenvalue weighted by Gasteiger charge is 2.41. The molecule has 0 aliphatic carbocycles. The van der Waals surface area contributed by atoms with Crippen LogP contribution in [0.1, 0.15) is 13.3 Å². The molecule has 1 aliphatic heterocycles. The van der Waals surface area contributed by atoms with Crippen LogP contribution in [-0.2, 0) is 9.78 Å². The molecule has 0 aromatic rings. The quantitative estimate of drug-likeness (QED) is 0.296. The lowest BCUT2D eigenvalue weighted by Crippen LogP contribution is -1.98. The van der Waals surface area contributed by atoms with E-state index in [0.29, 0.717) is 0 Å². The molecule has 40 valence electrons. The van der Waals surface area contributed by atoms with E-state index in [2.05, 4.69) is 16.4 Å². The Kier molecular flexibility index (Phi) is 0.905. The number of hydrogen-bond acceptors (Lipinski definition) is 2. The molecule has 1 fully saturated rings. The van der Waals surface area contributed by atoms with Crippen LogP contribution in [0.4, 0.5) is 0 Å². The lowest BCUT2D eigenvalue weighted by Gasteiger charge is -1.87. The highest BCUT2D eigenvalue weighted by molar-refractivity contribution is 4.79. The summed E-state index contributed by atoms with van der Waals surface area (Å²) in [4.78, 5) is 9.13. The third-order valence-electron chi connectivity index (χ3n) is 0.883. The molecule has 0 atom stereocenters. The minimum atomic E-state index is -0.318. The molecule has 0 aromatic carbocycles. The zero-order valence-electron chi connectivity index (χ0n) is 4.31. The van der Waals surface area contributed by atoms with Gasteiger partial charge in [-0.1, -0.05) is 6.08 Å². The second kappa shape index (κ2) is 1.32. The number of rotatable bonds is 2. The Balaban J connectivity index is 2.25. The Morgan fingerprint density at radius 3 is 2.43 bits per heavy atom. The van der Waals surface area contributed by atoms with E-state index >= 15 is 0 Å². The third kappa shape index (κ3) is 1.01. The van der Waals surface area contributed by atoms with Gasteiger partial charge in [-0.2, -0.15) is 9.78 Å². The van der Waals surface area contributed by atoms with Crippen molar-refractivity contribution in [2.75, 3.05) is 0 Å². The van der Waals surface area contributed by atoms with E-state index < -0.39 is 0 Å². The van der Waals surface area contributed by atoms with Crippen molar-refractivity contribution in [2.45, 2.75) is 19.1 Å². The first-order valence-electron chi connectivity index (χ1n) is 2.24. The monoisotopic (exact) mass is 100 g/mol. The molecular formula is C5H8O2. The molecule has 0 saturated carbocycles. The summed E-state index contributed by atoms with van der Waals surface area (Å²) >= 11 is 0. The smallest absolute Gasteiger partial charge is 0.195 e. The molecule has 2 heteroatoms. The van der Waals surface area contributed by atoms with E-state index in [0.717, 1.165) is 6.42 Å². The van der Waals surface area contributed by atoms with E-state index in [4.69, 9.17) is 0 Å². The van der Waals surface area contributed by atoms with Crippen molar-refractivity contribution in [1.82, 2.24) is 0 Å². The van der Waals surface area contributed by atoms with E-state index in [-0.39, 0.29) is 5.79 Å². The summed E-state index contributed by atoms with van der Waals surface area (Å²) in [5, 5.41) is 0. The fourth-order valence-corrected chi connectivity index (χ4v) is 0.401. The predicted octanol–water partition coefficient (Wildman–Crippen LogP) is 1.24. The Morgan fingerprint density at radius 1 is 1.71 bits per heavy atom. The summed E-state index contributed by atoms with van der Waals surface area (Å²) in [5.41, 5.74) is 0. The molecular weight excluding hydrogens is 92.1 g/mol.